The summed E-state index contributed by atoms with van der Waals surface area (Å²) in [7, 11) is 1.68. The lowest BCUT2D eigenvalue weighted by atomic mass is 10.0. The van der Waals surface area contributed by atoms with Crippen LogP contribution in [0.2, 0.25) is 0 Å². The first kappa shape index (κ1) is 11.7. The minimum Gasteiger partial charge on any atom is -0.385 e. The van der Waals surface area contributed by atoms with Crippen LogP contribution in [0.25, 0.3) is 0 Å². The van der Waals surface area contributed by atoms with Gasteiger partial charge in [-0.2, -0.15) is 0 Å². The Morgan fingerprint density at radius 1 is 1.67 bits per heavy atom. The van der Waals surface area contributed by atoms with Crippen LogP contribution >= 0.6 is 15.9 Å². The molecule has 1 rings (SSSR count). The van der Waals surface area contributed by atoms with Crippen molar-refractivity contribution < 1.29 is 4.39 Å². The summed E-state index contributed by atoms with van der Waals surface area (Å²) in [6.45, 7) is 3.46. The Balaban J connectivity index is 3.28. The monoisotopic (exact) mass is 271 g/mol. The summed E-state index contributed by atoms with van der Waals surface area (Å²) in [6, 6.07) is 0. The lowest BCUT2D eigenvalue weighted by Crippen LogP contribution is -2.21. The summed E-state index contributed by atoms with van der Waals surface area (Å²) in [6.07, 6.45) is 4.21. The summed E-state index contributed by atoms with van der Waals surface area (Å²) in [5.41, 5.74) is 6.78. The molecule has 0 amide bonds. The van der Waals surface area contributed by atoms with Crippen LogP contribution in [0.3, 0.4) is 0 Å². The van der Waals surface area contributed by atoms with Crippen LogP contribution in [-0.4, -0.2) is 12.8 Å². The molecule has 0 heterocycles. The van der Waals surface area contributed by atoms with Crippen molar-refractivity contribution in [2.24, 2.45) is 10.7 Å². The molecule has 3 nitrogen and oxygen atoms in total. The van der Waals surface area contributed by atoms with Crippen molar-refractivity contribution in [3.63, 3.8) is 0 Å². The maximum atomic E-state index is 13.2. The van der Waals surface area contributed by atoms with E-state index in [1.54, 1.807) is 13.1 Å². The quantitative estimate of drug-likeness (QED) is 0.808. The van der Waals surface area contributed by atoms with Gasteiger partial charge >= 0.3 is 0 Å². The Kier molecular flexibility index (Phi) is 3.85. The Morgan fingerprint density at radius 2 is 2.33 bits per heavy atom. The molecule has 0 saturated heterocycles. The molecular weight excluding hydrogens is 261 g/mol. The van der Waals surface area contributed by atoms with E-state index in [-0.39, 0.29) is 5.83 Å². The van der Waals surface area contributed by atoms with E-state index in [1.165, 1.54) is 12.3 Å². The van der Waals surface area contributed by atoms with E-state index in [4.69, 9.17) is 5.73 Å². The van der Waals surface area contributed by atoms with Gasteiger partial charge in [0.25, 0.3) is 0 Å². The highest BCUT2D eigenvalue weighted by atomic mass is 79.9. The number of hydrogen-bond donors (Lipinski definition) is 2. The smallest absolute Gasteiger partial charge is 0.139 e. The molecule has 15 heavy (non-hydrogen) atoms. The molecule has 3 N–H and O–H groups in total. The minimum absolute atomic E-state index is 0.346. The second-order valence-corrected chi connectivity index (χ2v) is 3.61. The molecule has 0 radical (unpaired) electrons. The first-order chi connectivity index (χ1) is 7.10. The normalized spacial score (nSPS) is 21.9. The van der Waals surface area contributed by atoms with Gasteiger partial charge in [-0.1, -0.05) is 6.58 Å². The molecule has 0 bridgehead atoms. The van der Waals surface area contributed by atoms with Crippen LogP contribution in [0, 0.1) is 0 Å². The second kappa shape index (κ2) is 4.93. The number of nitrogens with zero attached hydrogens (tertiary/aromatic N) is 1. The number of hydrogen-bond acceptors (Lipinski definition) is 3. The van der Waals surface area contributed by atoms with Gasteiger partial charge in [-0.3, -0.25) is 4.99 Å². The SMILES string of the molecule is C=C/N=C1/C=C(F)C(Br)=C/C1=C(/N)NC. The summed E-state index contributed by atoms with van der Waals surface area (Å²) in [5, 5.41) is 2.78. The maximum absolute atomic E-state index is 13.2. The van der Waals surface area contributed by atoms with Crippen molar-refractivity contribution >= 4 is 21.6 Å². The molecule has 0 unspecified atom stereocenters. The van der Waals surface area contributed by atoms with Crippen LogP contribution in [0.5, 0.6) is 0 Å². The van der Waals surface area contributed by atoms with E-state index in [0.29, 0.717) is 21.6 Å². The van der Waals surface area contributed by atoms with Crippen LogP contribution in [0.4, 0.5) is 4.39 Å². The second-order valence-electron chi connectivity index (χ2n) is 2.76. The van der Waals surface area contributed by atoms with Crippen molar-refractivity contribution in [2.45, 2.75) is 0 Å². The first-order valence-corrected chi connectivity index (χ1v) is 5.00. The number of allylic oxidation sites excluding steroid dienone is 5. The van der Waals surface area contributed by atoms with E-state index >= 15 is 0 Å². The maximum Gasteiger partial charge on any atom is 0.139 e. The van der Waals surface area contributed by atoms with E-state index < -0.39 is 0 Å². The van der Waals surface area contributed by atoms with Crippen molar-refractivity contribution in [1.82, 2.24) is 5.32 Å². The number of rotatable bonds is 2. The van der Waals surface area contributed by atoms with E-state index in [0.717, 1.165) is 0 Å². The van der Waals surface area contributed by atoms with Crippen molar-refractivity contribution in [2.75, 3.05) is 7.05 Å². The molecule has 80 valence electrons. The summed E-state index contributed by atoms with van der Waals surface area (Å²) < 4.78 is 13.6. The molecule has 0 aromatic heterocycles. The summed E-state index contributed by atoms with van der Waals surface area (Å²) in [4.78, 5) is 3.94. The molecule has 0 atom stereocenters. The van der Waals surface area contributed by atoms with Gasteiger partial charge in [-0.25, -0.2) is 4.39 Å². The van der Waals surface area contributed by atoms with Gasteiger partial charge in [-0.15, -0.1) is 0 Å². The molecule has 0 aromatic rings. The zero-order valence-electron chi connectivity index (χ0n) is 8.22. The Labute approximate surface area is 96.1 Å². The third-order valence-electron chi connectivity index (χ3n) is 1.83. The standard InChI is InChI=1S/C10H11BrFN3/c1-3-15-9-5-8(12)7(11)4-6(9)10(13)14-2/h3-5,14H,1,13H2,2H3/b10-6+,15-9-. The highest BCUT2D eigenvalue weighted by molar-refractivity contribution is 9.12. The molecule has 0 aliphatic heterocycles. The molecule has 1 aliphatic carbocycles. The van der Waals surface area contributed by atoms with E-state index in [1.807, 2.05) is 0 Å². The number of nitrogens with one attached hydrogen (secondary N) is 1. The minimum atomic E-state index is -0.386. The average Bonchev–Trinajstić information content (AvgIpc) is 2.22. The van der Waals surface area contributed by atoms with Gasteiger partial charge in [0, 0.05) is 24.9 Å². The van der Waals surface area contributed by atoms with Crippen molar-refractivity contribution in [3.8, 4) is 0 Å². The predicted octanol–water partition coefficient (Wildman–Crippen LogP) is 2.11. The zero-order valence-corrected chi connectivity index (χ0v) is 9.81. The third-order valence-corrected chi connectivity index (χ3v) is 2.44. The summed E-state index contributed by atoms with van der Waals surface area (Å²) in [5.74, 6) is 0.0413. The fourth-order valence-electron chi connectivity index (χ4n) is 1.09. The van der Waals surface area contributed by atoms with Crippen LogP contribution in [-0.2, 0) is 0 Å². The third kappa shape index (κ3) is 2.56. The molecular formula is C10H11BrFN3. The van der Waals surface area contributed by atoms with Gasteiger partial charge in [0.05, 0.1) is 10.2 Å². The molecule has 0 aromatic carbocycles. The van der Waals surface area contributed by atoms with Crippen molar-refractivity contribution in [3.05, 3.63) is 46.6 Å². The Bertz CT molecular complexity index is 405. The zero-order chi connectivity index (χ0) is 11.4. The van der Waals surface area contributed by atoms with Gasteiger partial charge in [0.2, 0.25) is 0 Å². The lowest BCUT2D eigenvalue weighted by molar-refractivity contribution is 0.664. The van der Waals surface area contributed by atoms with E-state index in [2.05, 4.69) is 32.8 Å². The fourth-order valence-corrected chi connectivity index (χ4v) is 1.44. The topological polar surface area (TPSA) is 50.4 Å². The largest absolute Gasteiger partial charge is 0.385 e. The van der Waals surface area contributed by atoms with Crippen LogP contribution in [0.1, 0.15) is 0 Å². The first-order valence-electron chi connectivity index (χ1n) is 4.21. The molecule has 5 heteroatoms. The number of halogens is 2. The molecule has 0 saturated carbocycles. The molecule has 0 spiro atoms. The molecule has 1 aliphatic rings. The molecule has 0 fully saturated rings. The summed E-state index contributed by atoms with van der Waals surface area (Å²) >= 11 is 3.09. The highest BCUT2D eigenvalue weighted by Gasteiger charge is 2.16. The average molecular weight is 272 g/mol. The van der Waals surface area contributed by atoms with Crippen molar-refractivity contribution in [1.29, 1.82) is 0 Å². The Hall–Kier alpha value is -1.36. The lowest BCUT2D eigenvalue weighted by Gasteiger charge is -2.12. The fraction of sp³-hybridized carbons (Fsp3) is 0.100. The van der Waals surface area contributed by atoms with Crippen LogP contribution < -0.4 is 11.1 Å². The van der Waals surface area contributed by atoms with Crippen LogP contribution in [0.15, 0.2) is 51.6 Å². The number of nitrogens with two attached hydrogens (primary N) is 1. The highest BCUT2D eigenvalue weighted by Crippen LogP contribution is 2.27. The predicted molar refractivity (Wildman–Crippen MR) is 64.1 cm³/mol. The van der Waals surface area contributed by atoms with E-state index in [9.17, 15) is 4.39 Å². The van der Waals surface area contributed by atoms with Gasteiger partial charge in [0.15, 0.2) is 0 Å². The van der Waals surface area contributed by atoms with Gasteiger partial charge in [0.1, 0.15) is 11.6 Å². The van der Waals surface area contributed by atoms with Gasteiger partial charge in [-0.05, 0) is 22.0 Å². The number of aliphatic imine (C=N–C) groups is 1. The van der Waals surface area contributed by atoms with Gasteiger partial charge < -0.3 is 11.1 Å². The Morgan fingerprint density at radius 3 is 2.87 bits per heavy atom.